The molecule has 1 aliphatic heterocycles. The monoisotopic (exact) mass is 285 g/mol. The number of methoxy groups -OCH3 is 1. The Morgan fingerprint density at radius 3 is 2.60 bits per heavy atom. The molecule has 1 heterocycles. The van der Waals surface area contributed by atoms with Crippen molar-refractivity contribution < 1.29 is 14.3 Å². The number of ether oxygens (including phenoxy) is 1. The van der Waals surface area contributed by atoms with Crippen LogP contribution in [0, 0.1) is 11.8 Å². The second-order valence-electron chi connectivity index (χ2n) is 5.39. The van der Waals surface area contributed by atoms with E-state index in [4.69, 9.17) is 4.74 Å². The van der Waals surface area contributed by atoms with Gasteiger partial charge in [0.2, 0.25) is 11.8 Å². The first-order chi connectivity index (χ1) is 9.63. The minimum absolute atomic E-state index is 0.0431. The first-order valence-corrected chi connectivity index (χ1v) is 7.36. The Kier molecular flexibility index (Phi) is 8.22. The Bertz CT molecular complexity index is 304. The minimum Gasteiger partial charge on any atom is -0.383 e. The summed E-state index contributed by atoms with van der Waals surface area (Å²) in [5.74, 6) is 0.758. The van der Waals surface area contributed by atoms with E-state index in [9.17, 15) is 9.59 Å². The molecular weight excluding hydrogens is 258 g/mol. The average molecular weight is 285 g/mol. The average Bonchev–Trinajstić information content (AvgIpc) is 2.46. The molecule has 20 heavy (non-hydrogen) atoms. The van der Waals surface area contributed by atoms with E-state index in [1.165, 1.54) is 0 Å². The largest absolute Gasteiger partial charge is 0.383 e. The Morgan fingerprint density at radius 2 is 1.95 bits per heavy atom. The van der Waals surface area contributed by atoms with E-state index in [1.807, 2.05) is 0 Å². The summed E-state index contributed by atoms with van der Waals surface area (Å²) in [6, 6.07) is 0. The van der Waals surface area contributed by atoms with Gasteiger partial charge in [-0.1, -0.05) is 6.92 Å². The highest BCUT2D eigenvalue weighted by atomic mass is 16.5. The molecule has 0 aromatic carbocycles. The van der Waals surface area contributed by atoms with Gasteiger partial charge >= 0.3 is 0 Å². The second kappa shape index (κ2) is 9.72. The van der Waals surface area contributed by atoms with Crippen molar-refractivity contribution in [3.63, 3.8) is 0 Å². The third kappa shape index (κ3) is 6.86. The van der Waals surface area contributed by atoms with Crippen molar-refractivity contribution >= 4 is 11.8 Å². The van der Waals surface area contributed by atoms with Crippen LogP contribution in [0.5, 0.6) is 0 Å². The quantitative estimate of drug-likeness (QED) is 0.544. The lowest BCUT2D eigenvalue weighted by Crippen LogP contribution is -2.39. The van der Waals surface area contributed by atoms with Crippen LogP contribution >= 0.6 is 0 Å². The fraction of sp³-hybridized carbons (Fsp3) is 0.857. The van der Waals surface area contributed by atoms with E-state index in [0.717, 1.165) is 25.9 Å². The zero-order chi connectivity index (χ0) is 14.8. The highest BCUT2D eigenvalue weighted by molar-refractivity contribution is 5.84. The molecule has 0 spiro atoms. The molecule has 1 unspecified atom stereocenters. The molecule has 1 aliphatic rings. The van der Waals surface area contributed by atoms with Crippen LogP contribution in [-0.4, -0.2) is 51.7 Å². The lowest BCUT2D eigenvalue weighted by molar-refractivity contribution is -0.126. The van der Waals surface area contributed by atoms with E-state index >= 15 is 0 Å². The Balaban J connectivity index is 2.14. The van der Waals surface area contributed by atoms with Crippen LogP contribution in [0.2, 0.25) is 0 Å². The molecule has 0 saturated carbocycles. The first kappa shape index (κ1) is 16.9. The molecule has 0 radical (unpaired) electrons. The summed E-state index contributed by atoms with van der Waals surface area (Å²) in [5, 5.41) is 8.66. The third-order valence-corrected chi connectivity index (χ3v) is 3.77. The molecule has 0 bridgehead atoms. The van der Waals surface area contributed by atoms with Gasteiger partial charge in [0.05, 0.1) is 13.2 Å². The van der Waals surface area contributed by atoms with Gasteiger partial charge in [0.25, 0.3) is 0 Å². The molecule has 0 aliphatic carbocycles. The topological polar surface area (TPSA) is 79.5 Å². The fourth-order valence-electron chi connectivity index (χ4n) is 2.48. The van der Waals surface area contributed by atoms with Crippen molar-refractivity contribution in [1.82, 2.24) is 16.0 Å². The van der Waals surface area contributed by atoms with Crippen LogP contribution in [0.15, 0.2) is 0 Å². The Labute approximate surface area is 121 Å². The maximum Gasteiger partial charge on any atom is 0.239 e. The van der Waals surface area contributed by atoms with Gasteiger partial charge in [0.15, 0.2) is 0 Å². The summed E-state index contributed by atoms with van der Waals surface area (Å²) in [5.41, 5.74) is 0. The number of carbonyl (C=O) groups excluding carboxylic acids is 2. The van der Waals surface area contributed by atoms with Gasteiger partial charge in [0.1, 0.15) is 0 Å². The van der Waals surface area contributed by atoms with E-state index in [1.54, 1.807) is 7.11 Å². The zero-order valence-electron chi connectivity index (χ0n) is 12.5. The fourth-order valence-corrected chi connectivity index (χ4v) is 2.48. The maximum absolute atomic E-state index is 11.8. The number of hydrogen-bond acceptors (Lipinski definition) is 4. The summed E-state index contributed by atoms with van der Waals surface area (Å²) < 4.78 is 4.83. The number of carbonyl (C=O) groups is 2. The molecule has 1 atom stereocenters. The zero-order valence-corrected chi connectivity index (χ0v) is 12.5. The highest BCUT2D eigenvalue weighted by Gasteiger charge is 2.22. The second-order valence-corrected chi connectivity index (χ2v) is 5.39. The summed E-state index contributed by atoms with van der Waals surface area (Å²) in [6.45, 7) is 5.19. The first-order valence-electron chi connectivity index (χ1n) is 7.36. The predicted molar refractivity (Wildman–Crippen MR) is 77.3 cm³/mol. The number of piperidine rings is 1. The van der Waals surface area contributed by atoms with Crippen molar-refractivity contribution in [3.8, 4) is 0 Å². The Morgan fingerprint density at radius 1 is 1.25 bits per heavy atom. The van der Waals surface area contributed by atoms with Crippen LogP contribution in [-0.2, 0) is 14.3 Å². The molecule has 6 nitrogen and oxygen atoms in total. The van der Waals surface area contributed by atoms with Crippen molar-refractivity contribution in [2.45, 2.75) is 26.2 Å². The summed E-state index contributed by atoms with van der Waals surface area (Å²) >= 11 is 0. The van der Waals surface area contributed by atoms with Gasteiger partial charge in [0, 0.05) is 20.1 Å². The smallest absolute Gasteiger partial charge is 0.239 e. The lowest BCUT2D eigenvalue weighted by Gasteiger charge is -2.27. The number of amides is 2. The number of hydrogen-bond donors (Lipinski definition) is 3. The molecule has 0 aromatic heterocycles. The normalized spacial score (nSPS) is 17.5. The van der Waals surface area contributed by atoms with Crippen molar-refractivity contribution in [1.29, 1.82) is 0 Å². The van der Waals surface area contributed by atoms with Gasteiger partial charge in [-0.2, -0.15) is 0 Å². The molecule has 1 saturated heterocycles. The molecular formula is C14H27N3O3. The number of nitrogens with one attached hydrogen (secondary N) is 3. The van der Waals surface area contributed by atoms with Crippen LogP contribution < -0.4 is 16.0 Å². The van der Waals surface area contributed by atoms with Gasteiger partial charge in [-0.15, -0.1) is 0 Å². The van der Waals surface area contributed by atoms with E-state index in [0.29, 0.717) is 31.4 Å². The van der Waals surface area contributed by atoms with Gasteiger partial charge in [-0.25, -0.2) is 0 Å². The van der Waals surface area contributed by atoms with Crippen LogP contribution in [0.25, 0.3) is 0 Å². The minimum atomic E-state index is -0.176. The predicted octanol–water partition coefficient (Wildman–Crippen LogP) is -0.109. The third-order valence-electron chi connectivity index (χ3n) is 3.77. The molecule has 3 N–H and O–H groups in total. The molecule has 1 fully saturated rings. The van der Waals surface area contributed by atoms with E-state index in [2.05, 4.69) is 22.9 Å². The maximum atomic E-state index is 11.8. The van der Waals surface area contributed by atoms with Crippen LogP contribution in [0.1, 0.15) is 26.2 Å². The Hall–Kier alpha value is -1.14. The van der Waals surface area contributed by atoms with Crippen LogP contribution in [0.3, 0.4) is 0 Å². The summed E-state index contributed by atoms with van der Waals surface area (Å²) in [4.78, 5) is 23.2. The molecule has 2 amide bonds. The standard InChI is InChI=1S/C14H27N3O3/c1-11(12-3-5-15-6-4-12)9-13(18)17-10-14(19)16-7-8-20-2/h11-12,15H,3-10H2,1-2H3,(H,16,19)(H,17,18). The van der Waals surface area contributed by atoms with E-state index < -0.39 is 0 Å². The molecule has 1 rings (SSSR count). The molecule has 116 valence electrons. The molecule has 6 heteroatoms. The lowest BCUT2D eigenvalue weighted by atomic mass is 9.84. The van der Waals surface area contributed by atoms with Gasteiger partial charge in [-0.3, -0.25) is 9.59 Å². The van der Waals surface area contributed by atoms with Gasteiger partial charge < -0.3 is 20.7 Å². The summed E-state index contributed by atoms with van der Waals surface area (Å²) in [6.07, 6.45) is 2.76. The SMILES string of the molecule is COCCNC(=O)CNC(=O)CC(C)C1CCNCC1. The van der Waals surface area contributed by atoms with E-state index in [-0.39, 0.29) is 18.4 Å². The van der Waals surface area contributed by atoms with Crippen molar-refractivity contribution in [2.24, 2.45) is 11.8 Å². The van der Waals surface area contributed by atoms with Gasteiger partial charge in [-0.05, 0) is 37.8 Å². The number of rotatable bonds is 8. The molecule has 0 aromatic rings. The highest BCUT2D eigenvalue weighted by Crippen LogP contribution is 2.23. The van der Waals surface area contributed by atoms with Crippen LogP contribution in [0.4, 0.5) is 0 Å². The van der Waals surface area contributed by atoms with Crippen molar-refractivity contribution in [3.05, 3.63) is 0 Å². The van der Waals surface area contributed by atoms with Crippen molar-refractivity contribution in [2.75, 3.05) is 39.9 Å². The summed E-state index contributed by atoms with van der Waals surface area (Å²) in [7, 11) is 1.58.